The predicted octanol–water partition coefficient (Wildman–Crippen LogP) is 12.7. The number of rotatable bonds is 35. The van der Waals surface area contributed by atoms with Gasteiger partial charge in [0.1, 0.15) is 0 Å². The van der Waals surface area contributed by atoms with E-state index in [0.717, 1.165) is 51.4 Å². The fraction of sp³-hybridized carbons (Fsp3) is 0.857. The summed E-state index contributed by atoms with van der Waals surface area (Å²) in [6.45, 7) is 5.08. The maximum Gasteiger partial charge on any atom is 0.303 e. The van der Waals surface area contributed by atoms with Gasteiger partial charge in [-0.25, -0.2) is 0 Å². The van der Waals surface area contributed by atoms with Gasteiger partial charge in [-0.3, -0.25) is 9.59 Å². The topological polar surface area (TPSA) is 115 Å². The molecule has 286 valence electrons. The van der Waals surface area contributed by atoms with Crippen molar-refractivity contribution >= 4 is 11.9 Å². The van der Waals surface area contributed by atoms with Crippen molar-refractivity contribution in [3.63, 3.8) is 0 Å². The number of carboxylic acid groups (broad SMARTS) is 2. The van der Waals surface area contributed by atoms with Gasteiger partial charge in [-0.1, -0.05) is 154 Å². The van der Waals surface area contributed by atoms with Crippen molar-refractivity contribution in [2.45, 2.75) is 219 Å². The number of carboxylic acids is 2. The van der Waals surface area contributed by atoms with Crippen molar-refractivity contribution < 1.29 is 30.0 Å². The summed E-state index contributed by atoms with van der Waals surface area (Å²) in [5.74, 6) is -1.33. The van der Waals surface area contributed by atoms with Crippen molar-refractivity contribution in [2.75, 3.05) is 13.2 Å². The first-order valence-corrected chi connectivity index (χ1v) is 20.4. The molecule has 0 rings (SSSR count). The number of allylic oxidation sites excluding steroid dienone is 4. The summed E-state index contributed by atoms with van der Waals surface area (Å²) in [6.07, 6.45) is 46.3. The SMILES string of the molecule is CCCCCCCCC=CCCCCCCCC(=O)O.CCCCCCCCC=CCCCCCCCC(=O)O.OCCCCCCO. The lowest BCUT2D eigenvalue weighted by Gasteiger charge is -1.99. The third-order valence-corrected chi connectivity index (χ3v) is 8.37. The molecule has 0 unspecified atom stereocenters. The number of hydrogen-bond acceptors (Lipinski definition) is 4. The highest BCUT2D eigenvalue weighted by Crippen LogP contribution is 2.11. The minimum absolute atomic E-state index is 0.283. The fourth-order valence-corrected chi connectivity index (χ4v) is 5.27. The van der Waals surface area contributed by atoms with Crippen molar-refractivity contribution in [3.05, 3.63) is 24.3 Å². The first kappa shape index (κ1) is 50.7. The average Bonchev–Trinajstić information content (AvgIpc) is 3.07. The van der Waals surface area contributed by atoms with Crippen LogP contribution < -0.4 is 0 Å². The second-order valence-electron chi connectivity index (χ2n) is 13.3. The maximum atomic E-state index is 10.3. The third kappa shape index (κ3) is 59.7. The molecule has 0 aliphatic carbocycles. The highest BCUT2D eigenvalue weighted by Gasteiger charge is 1.97. The zero-order valence-corrected chi connectivity index (χ0v) is 32.0. The van der Waals surface area contributed by atoms with Crippen molar-refractivity contribution in [1.29, 1.82) is 0 Å². The Bertz CT molecular complexity index is 605. The Labute approximate surface area is 298 Å². The molecule has 0 saturated heterocycles. The fourth-order valence-electron chi connectivity index (χ4n) is 5.27. The Hall–Kier alpha value is -1.66. The largest absolute Gasteiger partial charge is 0.481 e. The van der Waals surface area contributed by atoms with Gasteiger partial charge < -0.3 is 20.4 Å². The predicted molar refractivity (Wildman–Crippen MR) is 207 cm³/mol. The van der Waals surface area contributed by atoms with Crippen LogP contribution in [0.3, 0.4) is 0 Å². The molecule has 0 saturated carbocycles. The van der Waals surface area contributed by atoms with Crippen LogP contribution in [0.4, 0.5) is 0 Å². The van der Waals surface area contributed by atoms with Gasteiger partial charge >= 0.3 is 11.9 Å². The maximum absolute atomic E-state index is 10.3. The minimum Gasteiger partial charge on any atom is -0.481 e. The van der Waals surface area contributed by atoms with Gasteiger partial charge in [-0.2, -0.15) is 0 Å². The van der Waals surface area contributed by atoms with Gasteiger partial charge in [0.05, 0.1) is 0 Å². The van der Waals surface area contributed by atoms with E-state index in [4.69, 9.17) is 20.4 Å². The van der Waals surface area contributed by atoms with Gasteiger partial charge in [-0.15, -0.1) is 0 Å². The van der Waals surface area contributed by atoms with Crippen LogP contribution in [0, 0.1) is 0 Å². The Kier molecular flexibility index (Phi) is 52.5. The van der Waals surface area contributed by atoms with E-state index in [0.29, 0.717) is 12.8 Å². The molecule has 0 aliphatic rings. The molecule has 0 spiro atoms. The Morgan fingerprint density at radius 2 is 0.583 bits per heavy atom. The lowest BCUT2D eigenvalue weighted by atomic mass is 10.1. The van der Waals surface area contributed by atoms with Crippen LogP contribution in [0.5, 0.6) is 0 Å². The lowest BCUT2D eigenvalue weighted by molar-refractivity contribution is -0.138. The lowest BCUT2D eigenvalue weighted by Crippen LogP contribution is -1.93. The Morgan fingerprint density at radius 1 is 0.354 bits per heavy atom. The number of aliphatic hydroxyl groups excluding tert-OH is 2. The van der Waals surface area contributed by atoms with E-state index in [2.05, 4.69) is 38.2 Å². The normalized spacial score (nSPS) is 11.0. The standard InChI is InChI=1S/2C18H34O2.C6H14O2/c2*1-2-3-4-5-6-7-8-9-10-11-12-13-14-15-16-17-18(19)20;7-5-3-1-2-4-6-8/h2*9-10H,2-8,11-17H2,1H3,(H,19,20);7-8H,1-6H2. The molecule has 0 heterocycles. The number of hydrogen-bond donors (Lipinski definition) is 4. The summed E-state index contributed by atoms with van der Waals surface area (Å²) in [5.41, 5.74) is 0. The molecule has 0 amide bonds. The van der Waals surface area contributed by atoms with Gasteiger partial charge in [0.15, 0.2) is 0 Å². The summed E-state index contributed by atoms with van der Waals surface area (Å²) in [6, 6.07) is 0. The number of aliphatic hydroxyl groups is 2. The van der Waals surface area contributed by atoms with Crippen LogP contribution in [-0.2, 0) is 9.59 Å². The van der Waals surface area contributed by atoms with Crippen LogP contribution in [0.25, 0.3) is 0 Å². The smallest absolute Gasteiger partial charge is 0.303 e. The molecule has 0 radical (unpaired) electrons. The van der Waals surface area contributed by atoms with Crippen LogP contribution in [0.2, 0.25) is 0 Å². The molecule has 0 bridgehead atoms. The highest BCUT2D eigenvalue weighted by molar-refractivity contribution is 5.66. The molecule has 0 aliphatic heterocycles. The summed E-state index contributed by atoms with van der Waals surface area (Å²) in [5, 5.41) is 33.6. The molecule has 0 aromatic carbocycles. The molecule has 6 heteroatoms. The van der Waals surface area contributed by atoms with Crippen LogP contribution >= 0.6 is 0 Å². The second kappa shape index (κ2) is 49.7. The number of unbranched alkanes of at least 4 members (excludes halogenated alkanes) is 25. The van der Waals surface area contributed by atoms with Gasteiger partial charge in [-0.05, 0) is 77.0 Å². The van der Waals surface area contributed by atoms with Crippen molar-refractivity contribution in [1.82, 2.24) is 0 Å². The molecule has 0 atom stereocenters. The van der Waals surface area contributed by atoms with E-state index in [1.165, 1.54) is 141 Å². The summed E-state index contributed by atoms with van der Waals surface area (Å²) < 4.78 is 0. The molecule has 0 aromatic rings. The first-order valence-electron chi connectivity index (χ1n) is 20.4. The minimum atomic E-state index is -0.664. The van der Waals surface area contributed by atoms with Crippen LogP contribution in [0.1, 0.15) is 219 Å². The quantitative estimate of drug-likeness (QED) is 0.0390. The molecule has 6 nitrogen and oxygen atoms in total. The Morgan fingerprint density at radius 3 is 0.833 bits per heavy atom. The molecule has 0 aromatic heterocycles. The zero-order chi connectivity index (χ0) is 36.0. The molecule has 0 fully saturated rings. The summed E-state index contributed by atoms with van der Waals surface area (Å²) in [7, 11) is 0. The number of aliphatic carboxylic acids is 2. The van der Waals surface area contributed by atoms with Gasteiger partial charge in [0, 0.05) is 26.1 Å². The van der Waals surface area contributed by atoms with Gasteiger partial charge in [0.25, 0.3) is 0 Å². The Balaban J connectivity index is -0.000000689. The van der Waals surface area contributed by atoms with Crippen LogP contribution in [-0.4, -0.2) is 45.6 Å². The van der Waals surface area contributed by atoms with E-state index in [9.17, 15) is 9.59 Å². The number of carbonyl (C=O) groups is 2. The molecule has 48 heavy (non-hydrogen) atoms. The van der Waals surface area contributed by atoms with Crippen molar-refractivity contribution in [2.24, 2.45) is 0 Å². The molecular formula is C42H82O6. The monoisotopic (exact) mass is 683 g/mol. The first-order chi connectivity index (χ1) is 23.5. The van der Waals surface area contributed by atoms with Gasteiger partial charge in [0.2, 0.25) is 0 Å². The van der Waals surface area contributed by atoms with E-state index in [1.807, 2.05) is 0 Å². The van der Waals surface area contributed by atoms with Crippen LogP contribution in [0.15, 0.2) is 24.3 Å². The van der Waals surface area contributed by atoms with Crippen molar-refractivity contribution in [3.8, 4) is 0 Å². The second-order valence-corrected chi connectivity index (χ2v) is 13.3. The molecule has 4 N–H and O–H groups in total. The molecular weight excluding hydrogens is 600 g/mol. The zero-order valence-electron chi connectivity index (χ0n) is 32.0. The van der Waals surface area contributed by atoms with E-state index < -0.39 is 11.9 Å². The average molecular weight is 683 g/mol. The van der Waals surface area contributed by atoms with E-state index >= 15 is 0 Å². The van der Waals surface area contributed by atoms with E-state index in [-0.39, 0.29) is 13.2 Å². The highest BCUT2D eigenvalue weighted by atomic mass is 16.4. The summed E-state index contributed by atoms with van der Waals surface area (Å²) >= 11 is 0. The third-order valence-electron chi connectivity index (χ3n) is 8.37. The summed E-state index contributed by atoms with van der Waals surface area (Å²) in [4.78, 5) is 20.6. The van der Waals surface area contributed by atoms with E-state index in [1.54, 1.807) is 0 Å².